The third kappa shape index (κ3) is 4.90. The molecule has 1 aliphatic rings. The van der Waals surface area contributed by atoms with Crippen LogP contribution in [-0.2, 0) is 12.8 Å². The van der Waals surface area contributed by atoms with Gasteiger partial charge in [0.05, 0.1) is 14.2 Å². The molecule has 1 saturated heterocycles. The minimum absolute atomic E-state index is 0.535. The van der Waals surface area contributed by atoms with Gasteiger partial charge in [-0.15, -0.1) is 0 Å². The number of methoxy groups -OCH3 is 2. The lowest BCUT2D eigenvalue weighted by atomic mass is 10.0. The van der Waals surface area contributed by atoms with E-state index in [4.69, 9.17) is 21.1 Å². The monoisotopic (exact) mass is 359 g/mol. The van der Waals surface area contributed by atoms with Crippen LogP contribution in [0, 0.1) is 0 Å². The Morgan fingerprint density at radius 2 is 1.60 bits per heavy atom. The molecule has 0 bridgehead atoms. The molecule has 1 N–H and O–H groups in total. The molecule has 1 aliphatic heterocycles. The van der Waals surface area contributed by atoms with Crippen LogP contribution >= 0.6 is 11.6 Å². The van der Waals surface area contributed by atoms with E-state index in [1.807, 2.05) is 18.2 Å². The van der Waals surface area contributed by atoms with Gasteiger partial charge in [-0.2, -0.15) is 0 Å². The summed E-state index contributed by atoms with van der Waals surface area (Å²) >= 11 is 5.95. The average Bonchev–Trinajstić information content (AvgIpc) is 3.08. The summed E-state index contributed by atoms with van der Waals surface area (Å²) in [6.07, 6.45) is 5.75. The molecule has 0 aromatic heterocycles. The summed E-state index contributed by atoms with van der Waals surface area (Å²) in [6, 6.07) is 15.5. The van der Waals surface area contributed by atoms with Gasteiger partial charge in [0.15, 0.2) is 11.5 Å². The Labute approximate surface area is 155 Å². The summed E-state index contributed by atoms with van der Waals surface area (Å²) in [7, 11) is 3.35. The first kappa shape index (κ1) is 18.1. The molecule has 0 spiro atoms. The van der Waals surface area contributed by atoms with Gasteiger partial charge in [-0.3, -0.25) is 0 Å². The highest BCUT2D eigenvalue weighted by molar-refractivity contribution is 6.30. The van der Waals surface area contributed by atoms with Gasteiger partial charge in [0.1, 0.15) is 0 Å². The van der Waals surface area contributed by atoms with Crippen molar-refractivity contribution in [2.24, 2.45) is 0 Å². The van der Waals surface area contributed by atoms with Crippen molar-refractivity contribution in [1.82, 2.24) is 5.32 Å². The normalized spacial score (nSPS) is 19.8. The second-order valence-corrected chi connectivity index (χ2v) is 7.13. The predicted molar refractivity (Wildman–Crippen MR) is 103 cm³/mol. The van der Waals surface area contributed by atoms with Crippen molar-refractivity contribution in [1.29, 1.82) is 0 Å². The van der Waals surface area contributed by atoms with E-state index < -0.39 is 0 Å². The lowest BCUT2D eigenvalue weighted by Crippen LogP contribution is -2.31. The van der Waals surface area contributed by atoms with Gasteiger partial charge < -0.3 is 14.8 Å². The van der Waals surface area contributed by atoms with Crippen LogP contribution in [0.1, 0.15) is 30.4 Å². The number of rotatable bonds is 7. The molecule has 4 heteroatoms. The number of ether oxygens (including phenoxy) is 2. The molecule has 2 aromatic rings. The first-order chi connectivity index (χ1) is 12.2. The van der Waals surface area contributed by atoms with Crippen molar-refractivity contribution in [3.05, 3.63) is 58.6 Å². The van der Waals surface area contributed by atoms with Gasteiger partial charge in [0, 0.05) is 17.1 Å². The van der Waals surface area contributed by atoms with Crippen LogP contribution in [0.2, 0.25) is 5.02 Å². The molecule has 2 unspecified atom stereocenters. The third-order valence-corrected chi connectivity index (χ3v) is 5.21. The fraction of sp³-hybridized carbons (Fsp3) is 0.429. The fourth-order valence-electron chi connectivity index (χ4n) is 3.58. The summed E-state index contributed by atoms with van der Waals surface area (Å²) in [5.74, 6) is 1.59. The average molecular weight is 360 g/mol. The van der Waals surface area contributed by atoms with Crippen molar-refractivity contribution >= 4 is 11.6 Å². The van der Waals surface area contributed by atoms with Crippen LogP contribution in [0.5, 0.6) is 11.5 Å². The van der Waals surface area contributed by atoms with Crippen molar-refractivity contribution in [2.45, 2.75) is 44.2 Å². The maximum atomic E-state index is 5.95. The second-order valence-electron chi connectivity index (χ2n) is 6.70. The summed E-state index contributed by atoms with van der Waals surface area (Å²) in [5, 5.41) is 4.59. The molecule has 0 saturated carbocycles. The molecule has 3 nitrogen and oxygen atoms in total. The highest BCUT2D eigenvalue weighted by Crippen LogP contribution is 2.29. The second kappa shape index (κ2) is 8.59. The van der Waals surface area contributed by atoms with Gasteiger partial charge >= 0.3 is 0 Å². The van der Waals surface area contributed by atoms with E-state index in [1.54, 1.807) is 14.2 Å². The predicted octanol–water partition coefficient (Wildman–Crippen LogP) is 4.65. The number of aryl methyl sites for hydroxylation is 1. The highest BCUT2D eigenvalue weighted by atomic mass is 35.5. The topological polar surface area (TPSA) is 30.5 Å². The van der Waals surface area contributed by atoms with Crippen molar-refractivity contribution < 1.29 is 9.47 Å². The van der Waals surface area contributed by atoms with Crippen LogP contribution in [0.25, 0.3) is 0 Å². The first-order valence-corrected chi connectivity index (χ1v) is 9.27. The Morgan fingerprint density at radius 3 is 2.32 bits per heavy atom. The fourth-order valence-corrected chi connectivity index (χ4v) is 3.70. The van der Waals surface area contributed by atoms with Gasteiger partial charge in [-0.25, -0.2) is 0 Å². The largest absolute Gasteiger partial charge is 0.493 e. The lowest BCUT2D eigenvalue weighted by molar-refractivity contribution is 0.354. The molecule has 0 radical (unpaired) electrons. The van der Waals surface area contributed by atoms with Crippen LogP contribution in [-0.4, -0.2) is 26.3 Å². The van der Waals surface area contributed by atoms with E-state index >= 15 is 0 Å². The summed E-state index contributed by atoms with van der Waals surface area (Å²) < 4.78 is 10.7. The quantitative estimate of drug-likeness (QED) is 0.780. The van der Waals surface area contributed by atoms with E-state index in [-0.39, 0.29) is 0 Å². The summed E-state index contributed by atoms with van der Waals surface area (Å²) in [6.45, 7) is 0. The molecule has 134 valence electrons. The maximum absolute atomic E-state index is 5.95. The minimum Gasteiger partial charge on any atom is -0.493 e. The van der Waals surface area contributed by atoms with E-state index in [2.05, 4.69) is 29.6 Å². The van der Waals surface area contributed by atoms with E-state index in [0.29, 0.717) is 12.1 Å². The van der Waals surface area contributed by atoms with Crippen molar-refractivity contribution in [3.8, 4) is 11.5 Å². The molecular formula is C21H26ClNO2. The number of hydrogen-bond acceptors (Lipinski definition) is 3. The number of benzene rings is 2. The molecule has 0 amide bonds. The molecule has 1 fully saturated rings. The zero-order valence-corrected chi connectivity index (χ0v) is 15.7. The Morgan fingerprint density at radius 1 is 0.920 bits per heavy atom. The number of nitrogens with one attached hydrogen (secondary N) is 1. The Kier molecular flexibility index (Phi) is 6.22. The smallest absolute Gasteiger partial charge is 0.160 e. The van der Waals surface area contributed by atoms with E-state index in [1.165, 1.54) is 30.4 Å². The SMILES string of the molecule is COc1ccc(CC2CCC(CCc3ccc(Cl)cc3)N2)cc1OC. The molecular weight excluding hydrogens is 334 g/mol. The van der Waals surface area contributed by atoms with Gasteiger partial charge in [-0.1, -0.05) is 29.8 Å². The van der Waals surface area contributed by atoms with Crippen molar-refractivity contribution in [3.63, 3.8) is 0 Å². The highest BCUT2D eigenvalue weighted by Gasteiger charge is 2.23. The molecule has 3 rings (SSSR count). The summed E-state index contributed by atoms with van der Waals surface area (Å²) in [4.78, 5) is 0. The van der Waals surface area contributed by atoms with Gasteiger partial charge in [-0.05, 0) is 67.5 Å². The number of hydrogen-bond donors (Lipinski definition) is 1. The molecule has 25 heavy (non-hydrogen) atoms. The first-order valence-electron chi connectivity index (χ1n) is 8.89. The maximum Gasteiger partial charge on any atom is 0.160 e. The summed E-state index contributed by atoms with van der Waals surface area (Å²) in [5.41, 5.74) is 2.64. The van der Waals surface area contributed by atoms with Crippen LogP contribution < -0.4 is 14.8 Å². The molecule has 2 atom stereocenters. The molecule has 2 aromatic carbocycles. The lowest BCUT2D eigenvalue weighted by Gasteiger charge is -2.16. The van der Waals surface area contributed by atoms with E-state index in [0.717, 1.165) is 29.4 Å². The third-order valence-electron chi connectivity index (χ3n) is 4.96. The standard InChI is InChI=1S/C21H26ClNO2/c1-24-20-12-6-16(14-21(20)25-2)13-19-11-10-18(23-19)9-5-15-3-7-17(22)8-4-15/h3-4,6-8,12,14,18-19,23H,5,9-11,13H2,1-2H3. The Bertz CT molecular complexity index is 687. The zero-order valence-electron chi connectivity index (χ0n) is 14.9. The van der Waals surface area contributed by atoms with Crippen LogP contribution in [0.3, 0.4) is 0 Å². The molecule has 0 aliphatic carbocycles. The minimum atomic E-state index is 0.535. The zero-order chi connectivity index (χ0) is 17.6. The Hall–Kier alpha value is -1.71. The number of halogens is 1. The van der Waals surface area contributed by atoms with Crippen molar-refractivity contribution in [2.75, 3.05) is 14.2 Å². The van der Waals surface area contributed by atoms with Gasteiger partial charge in [0.2, 0.25) is 0 Å². The van der Waals surface area contributed by atoms with Gasteiger partial charge in [0.25, 0.3) is 0 Å². The van der Waals surface area contributed by atoms with Crippen LogP contribution in [0.4, 0.5) is 0 Å². The Balaban J connectivity index is 1.50. The van der Waals surface area contributed by atoms with Crippen LogP contribution in [0.15, 0.2) is 42.5 Å². The molecule has 1 heterocycles. The van der Waals surface area contributed by atoms with E-state index in [9.17, 15) is 0 Å².